The van der Waals surface area contributed by atoms with Gasteiger partial charge >= 0.3 is 0 Å². The van der Waals surface area contributed by atoms with Gasteiger partial charge in [-0.3, -0.25) is 4.79 Å². The summed E-state index contributed by atoms with van der Waals surface area (Å²) in [5.41, 5.74) is 0.728. The van der Waals surface area contributed by atoms with Crippen molar-refractivity contribution in [2.75, 3.05) is 0 Å². The first-order valence-electron chi connectivity index (χ1n) is 4.75. The summed E-state index contributed by atoms with van der Waals surface area (Å²) in [7, 11) is 0. The van der Waals surface area contributed by atoms with Crippen LogP contribution < -0.4 is 0 Å². The number of unbranched alkanes of at least 4 members (excludes halogenated alkanes) is 1. The van der Waals surface area contributed by atoms with E-state index in [9.17, 15) is 4.79 Å². The number of Topliss-reactive ketones (excluding diaryl/α,β-unsaturated/α-hetero) is 1. The molecule has 2 nitrogen and oxygen atoms in total. The first-order valence-corrected chi connectivity index (χ1v) is 4.75. The third kappa shape index (κ3) is 2.44. The maximum absolute atomic E-state index is 11.1. The fourth-order valence-electron chi connectivity index (χ4n) is 1.37. The second kappa shape index (κ2) is 4.26. The summed E-state index contributed by atoms with van der Waals surface area (Å²) >= 11 is 0. The van der Waals surface area contributed by atoms with Crippen LogP contribution in [0.1, 0.15) is 48.6 Å². The van der Waals surface area contributed by atoms with E-state index in [0.29, 0.717) is 0 Å². The Bertz CT molecular complexity index is 297. The zero-order valence-electron chi connectivity index (χ0n) is 8.52. The Labute approximate surface area is 78.9 Å². The first-order chi connectivity index (χ1) is 6.15. The molecule has 0 N–H and O–H groups in total. The number of rotatable bonds is 4. The van der Waals surface area contributed by atoms with Crippen LogP contribution in [-0.4, -0.2) is 5.78 Å². The predicted molar refractivity (Wildman–Crippen MR) is 52.1 cm³/mol. The Morgan fingerprint density at radius 1 is 1.54 bits per heavy atom. The van der Waals surface area contributed by atoms with Gasteiger partial charge in [-0.25, -0.2) is 0 Å². The summed E-state index contributed by atoms with van der Waals surface area (Å²) in [5, 5.41) is 0. The molecule has 1 aromatic heterocycles. The van der Waals surface area contributed by atoms with Crippen LogP contribution in [0.3, 0.4) is 0 Å². The molecule has 0 amide bonds. The molecule has 0 aliphatic rings. The van der Waals surface area contributed by atoms with Crippen molar-refractivity contribution in [3.05, 3.63) is 23.2 Å². The van der Waals surface area contributed by atoms with Gasteiger partial charge in [0.2, 0.25) is 0 Å². The first kappa shape index (κ1) is 10.0. The molecule has 0 atom stereocenters. The highest BCUT2D eigenvalue weighted by Crippen LogP contribution is 2.16. The highest BCUT2D eigenvalue weighted by molar-refractivity contribution is 5.95. The number of carbonyl (C=O) groups excluding carboxylic acids is 1. The lowest BCUT2D eigenvalue weighted by Gasteiger charge is -1.91. The third-order valence-electron chi connectivity index (χ3n) is 2.12. The SMILES string of the molecule is CCCCc1cc(C(C)=O)c(C)o1. The zero-order chi connectivity index (χ0) is 9.84. The average molecular weight is 180 g/mol. The van der Waals surface area contributed by atoms with Gasteiger partial charge in [0.25, 0.3) is 0 Å². The second-order valence-corrected chi connectivity index (χ2v) is 3.34. The molecule has 0 fully saturated rings. The lowest BCUT2D eigenvalue weighted by Crippen LogP contribution is -1.90. The lowest BCUT2D eigenvalue weighted by molar-refractivity contribution is 0.101. The Hall–Kier alpha value is -1.05. The number of ketones is 1. The van der Waals surface area contributed by atoms with Gasteiger partial charge in [0, 0.05) is 6.42 Å². The molecule has 13 heavy (non-hydrogen) atoms. The molecule has 2 heteroatoms. The van der Waals surface area contributed by atoms with E-state index >= 15 is 0 Å². The molecule has 1 rings (SSSR count). The minimum atomic E-state index is 0.0870. The monoisotopic (exact) mass is 180 g/mol. The summed E-state index contributed by atoms with van der Waals surface area (Å²) in [6.07, 6.45) is 3.20. The maximum Gasteiger partial charge on any atom is 0.163 e. The highest BCUT2D eigenvalue weighted by Gasteiger charge is 2.10. The van der Waals surface area contributed by atoms with E-state index in [-0.39, 0.29) is 5.78 Å². The number of aryl methyl sites for hydroxylation is 2. The Morgan fingerprint density at radius 3 is 2.69 bits per heavy atom. The van der Waals surface area contributed by atoms with Gasteiger partial charge in [-0.2, -0.15) is 0 Å². The van der Waals surface area contributed by atoms with Crippen molar-refractivity contribution in [1.82, 2.24) is 0 Å². The quantitative estimate of drug-likeness (QED) is 0.666. The summed E-state index contributed by atoms with van der Waals surface area (Å²) in [4.78, 5) is 11.1. The molecule has 0 aromatic carbocycles. The molecule has 0 unspecified atom stereocenters. The van der Waals surface area contributed by atoms with Gasteiger partial charge in [-0.05, 0) is 26.3 Å². The molecule has 0 saturated carbocycles. The van der Waals surface area contributed by atoms with Crippen molar-refractivity contribution in [2.45, 2.75) is 40.0 Å². The largest absolute Gasteiger partial charge is 0.466 e. The van der Waals surface area contributed by atoms with E-state index in [2.05, 4.69) is 6.92 Å². The molecule has 0 bridgehead atoms. The third-order valence-corrected chi connectivity index (χ3v) is 2.12. The molecule has 1 aromatic rings. The Balaban J connectivity index is 2.76. The van der Waals surface area contributed by atoms with E-state index in [1.165, 1.54) is 0 Å². The smallest absolute Gasteiger partial charge is 0.163 e. The lowest BCUT2D eigenvalue weighted by atomic mass is 10.1. The fourth-order valence-corrected chi connectivity index (χ4v) is 1.37. The minimum Gasteiger partial charge on any atom is -0.466 e. The van der Waals surface area contributed by atoms with E-state index in [4.69, 9.17) is 4.42 Å². The van der Waals surface area contributed by atoms with Crippen molar-refractivity contribution < 1.29 is 9.21 Å². The van der Waals surface area contributed by atoms with E-state index in [1.54, 1.807) is 6.92 Å². The average Bonchev–Trinajstić information content (AvgIpc) is 2.43. The Kier molecular flexibility index (Phi) is 3.29. The second-order valence-electron chi connectivity index (χ2n) is 3.34. The number of furan rings is 1. The summed E-state index contributed by atoms with van der Waals surface area (Å²) in [6, 6.07) is 1.87. The molecule has 0 radical (unpaired) electrons. The maximum atomic E-state index is 11.1. The number of hydrogen-bond acceptors (Lipinski definition) is 2. The van der Waals surface area contributed by atoms with Crippen LogP contribution >= 0.6 is 0 Å². The normalized spacial score (nSPS) is 10.4. The number of carbonyl (C=O) groups is 1. The molecular formula is C11H16O2. The molecule has 1 heterocycles. The highest BCUT2D eigenvalue weighted by atomic mass is 16.3. The van der Waals surface area contributed by atoms with Gasteiger partial charge in [0.15, 0.2) is 5.78 Å². The van der Waals surface area contributed by atoms with Crippen molar-refractivity contribution in [3.8, 4) is 0 Å². The van der Waals surface area contributed by atoms with Crippen molar-refractivity contribution in [1.29, 1.82) is 0 Å². The van der Waals surface area contributed by atoms with Crippen molar-refractivity contribution >= 4 is 5.78 Å². The van der Waals surface area contributed by atoms with Gasteiger partial charge in [-0.15, -0.1) is 0 Å². The molecular weight excluding hydrogens is 164 g/mol. The zero-order valence-corrected chi connectivity index (χ0v) is 8.52. The van der Waals surface area contributed by atoms with Crippen LogP contribution in [0.4, 0.5) is 0 Å². The summed E-state index contributed by atoms with van der Waals surface area (Å²) in [5.74, 6) is 1.77. The van der Waals surface area contributed by atoms with E-state index < -0.39 is 0 Å². The van der Waals surface area contributed by atoms with Crippen LogP contribution in [0, 0.1) is 6.92 Å². The predicted octanol–water partition coefficient (Wildman–Crippen LogP) is 3.13. The summed E-state index contributed by atoms with van der Waals surface area (Å²) in [6.45, 7) is 5.55. The van der Waals surface area contributed by atoms with Crippen molar-refractivity contribution in [2.24, 2.45) is 0 Å². The van der Waals surface area contributed by atoms with E-state index in [0.717, 1.165) is 36.3 Å². The van der Waals surface area contributed by atoms with Gasteiger partial charge in [0.05, 0.1) is 5.56 Å². The van der Waals surface area contributed by atoms with Gasteiger partial charge < -0.3 is 4.42 Å². The van der Waals surface area contributed by atoms with Crippen LogP contribution in [0.2, 0.25) is 0 Å². The standard InChI is InChI=1S/C11H16O2/c1-4-5-6-10-7-11(8(2)12)9(3)13-10/h7H,4-6H2,1-3H3. The molecule has 0 saturated heterocycles. The fraction of sp³-hybridized carbons (Fsp3) is 0.545. The van der Waals surface area contributed by atoms with Crippen LogP contribution in [0.5, 0.6) is 0 Å². The van der Waals surface area contributed by atoms with Gasteiger partial charge in [-0.1, -0.05) is 13.3 Å². The van der Waals surface area contributed by atoms with Crippen LogP contribution in [0.15, 0.2) is 10.5 Å². The van der Waals surface area contributed by atoms with E-state index in [1.807, 2.05) is 13.0 Å². The summed E-state index contributed by atoms with van der Waals surface area (Å²) < 4.78 is 5.46. The molecule has 0 aliphatic heterocycles. The molecule has 72 valence electrons. The number of hydrogen-bond donors (Lipinski definition) is 0. The van der Waals surface area contributed by atoms with Crippen LogP contribution in [-0.2, 0) is 6.42 Å². The van der Waals surface area contributed by atoms with Crippen LogP contribution in [0.25, 0.3) is 0 Å². The molecule has 0 spiro atoms. The van der Waals surface area contributed by atoms with Gasteiger partial charge in [0.1, 0.15) is 11.5 Å². The minimum absolute atomic E-state index is 0.0870. The van der Waals surface area contributed by atoms with Crippen molar-refractivity contribution in [3.63, 3.8) is 0 Å². The Morgan fingerprint density at radius 2 is 2.23 bits per heavy atom. The molecule has 0 aliphatic carbocycles. The topological polar surface area (TPSA) is 30.2 Å².